The van der Waals surface area contributed by atoms with E-state index in [0.29, 0.717) is 12.0 Å². The molecule has 110 valence electrons. The molecule has 0 saturated carbocycles. The highest BCUT2D eigenvalue weighted by atomic mass is 16.3. The highest BCUT2D eigenvalue weighted by molar-refractivity contribution is 5.82. The molecule has 0 fully saturated rings. The molecule has 1 unspecified atom stereocenters. The van der Waals surface area contributed by atoms with E-state index in [1.165, 1.54) is 10.9 Å². The van der Waals surface area contributed by atoms with Gasteiger partial charge in [-0.05, 0) is 18.4 Å². The van der Waals surface area contributed by atoms with E-state index >= 15 is 0 Å². The fraction of sp³-hybridized carbons (Fsp3) is 0.529. The maximum Gasteiger partial charge on any atom is 0.134 e. The van der Waals surface area contributed by atoms with Gasteiger partial charge >= 0.3 is 0 Å². The van der Waals surface area contributed by atoms with Crippen molar-refractivity contribution < 1.29 is 9.52 Å². The Labute approximate surface area is 121 Å². The predicted molar refractivity (Wildman–Crippen MR) is 82.8 cm³/mol. The van der Waals surface area contributed by atoms with Crippen LogP contribution in [0.4, 0.5) is 0 Å². The van der Waals surface area contributed by atoms with Crippen LogP contribution in [0.5, 0.6) is 0 Å². The zero-order chi connectivity index (χ0) is 14.5. The monoisotopic (exact) mass is 275 g/mol. The SMILES string of the molecule is CCc1oc2ccccc2c1CNC(CCO)C(C)C. The van der Waals surface area contributed by atoms with E-state index in [0.717, 1.165) is 30.7 Å². The topological polar surface area (TPSA) is 45.4 Å². The third-order valence-corrected chi connectivity index (χ3v) is 3.89. The molecule has 1 atom stereocenters. The number of para-hydroxylation sites is 1. The van der Waals surface area contributed by atoms with Gasteiger partial charge in [-0.15, -0.1) is 0 Å². The first-order valence-electron chi connectivity index (χ1n) is 7.50. The minimum Gasteiger partial charge on any atom is -0.461 e. The Hall–Kier alpha value is -1.32. The molecule has 0 saturated heterocycles. The summed E-state index contributed by atoms with van der Waals surface area (Å²) in [7, 11) is 0. The van der Waals surface area contributed by atoms with Gasteiger partial charge in [-0.2, -0.15) is 0 Å². The van der Waals surface area contributed by atoms with Gasteiger partial charge in [-0.1, -0.05) is 39.0 Å². The smallest absolute Gasteiger partial charge is 0.134 e. The van der Waals surface area contributed by atoms with Crippen molar-refractivity contribution in [2.24, 2.45) is 5.92 Å². The van der Waals surface area contributed by atoms with E-state index in [-0.39, 0.29) is 6.61 Å². The molecule has 1 aromatic heterocycles. The third-order valence-electron chi connectivity index (χ3n) is 3.89. The molecule has 1 heterocycles. The van der Waals surface area contributed by atoms with E-state index in [4.69, 9.17) is 9.52 Å². The number of fused-ring (bicyclic) bond motifs is 1. The zero-order valence-electron chi connectivity index (χ0n) is 12.6. The fourth-order valence-corrected chi connectivity index (χ4v) is 2.67. The Morgan fingerprint density at radius 1 is 1.25 bits per heavy atom. The fourth-order valence-electron chi connectivity index (χ4n) is 2.67. The Balaban J connectivity index is 2.19. The van der Waals surface area contributed by atoms with E-state index in [1.807, 2.05) is 12.1 Å². The Bertz CT molecular complexity index is 545. The molecule has 20 heavy (non-hydrogen) atoms. The minimum atomic E-state index is 0.225. The number of hydrogen-bond donors (Lipinski definition) is 2. The first-order valence-corrected chi connectivity index (χ1v) is 7.50. The van der Waals surface area contributed by atoms with Crippen molar-refractivity contribution in [2.45, 2.75) is 46.2 Å². The zero-order valence-corrected chi connectivity index (χ0v) is 12.6. The molecule has 0 aliphatic rings. The van der Waals surface area contributed by atoms with Gasteiger partial charge in [0.2, 0.25) is 0 Å². The summed E-state index contributed by atoms with van der Waals surface area (Å²) in [5, 5.41) is 13.9. The van der Waals surface area contributed by atoms with Crippen LogP contribution < -0.4 is 5.32 Å². The molecule has 0 radical (unpaired) electrons. The maximum atomic E-state index is 9.16. The second-order valence-corrected chi connectivity index (χ2v) is 5.60. The van der Waals surface area contributed by atoms with Crippen LogP contribution in [0.15, 0.2) is 28.7 Å². The third kappa shape index (κ3) is 3.22. The summed E-state index contributed by atoms with van der Waals surface area (Å²) < 4.78 is 5.91. The number of benzene rings is 1. The maximum absolute atomic E-state index is 9.16. The summed E-state index contributed by atoms with van der Waals surface area (Å²) in [5.41, 5.74) is 2.22. The van der Waals surface area contributed by atoms with E-state index in [9.17, 15) is 0 Å². The van der Waals surface area contributed by atoms with Crippen molar-refractivity contribution in [3.63, 3.8) is 0 Å². The van der Waals surface area contributed by atoms with Gasteiger partial charge in [0.25, 0.3) is 0 Å². The van der Waals surface area contributed by atoms with Gasteiger partial charge in [0.15, 0.2) is 0 Å². The Morgan fingerprint density at radius 2 is 2.00 bits per heavy atom. The van der Waals surface area contributed by atoms with Gasteiger partial charge in [-0.3, -0.25) is 0 Å². The molecule has 0 bridgehead atoms. The van der Waals surface area contributed by atoms with Crippen LogP contribution in [0.3, 0.4) is 0 Å². The minimum absolute atomic E-state index is 0.225. The molecule has 3 nitrogen and oxygen atoms in total. The molecular formula is C17H25NO2. The van der Waals surface area contributed by atoms with E-state index < -0.39 is 0 Å². The van der Waals surface area contributed by atoms with E-state index in [2.05, 4.69) is 38.2 Å². The Kier molecular flexibility index (Phi) is 5.21. The summed E-state index contributed by atoms with van der Waals surface area (Å²) in [6.45, 7) is 7.50. The second kappa shape index (κ2) is 6.91. The van der Waals surface area contributed by atoms with Crippen LogP contribution in [0, 0.1) is 5.92 Å². The molecule has 1 aromatic carbocycles. The quantitative estimate of drug-likeness (QED) is 0.813. The lowest BCUT2D eigenvalue weighted by Gasteiger charge is -2.21. The molecule has 3 heteroatoms. The predicted octanol–water partition coefficient (Wildman–Crippen LogP) is 3.49. The number of rotatable bonds is 7. The molecule has 0 amide bonds. The van der Waals surface area contributed by atoms with Crippen LogP contribution in [-0.4, -0.2) is 17.8 Å². The number of aliphatic hydroxyl groups excluding tert-OH is 1. The van der Waals surface area contributed by atoms with Gasteiger partial charge in [0, 0.05) is 36.6 Å². The normalized spacial score (nSPS) is 13.2. The number of aliphatic hydroxyl groups is 1. The van der Waals surface area contributed by atoms with Crippen LogP contribution in [0.1, 0.15) is 38.5 Å². The average Bonchev–Trinajstić information content (AvgIpc) is 2.81. The first kappa shape index (κ1) is 15.1. The molecular weight excluding hydrogens is 250 g/mol. The lowest BCUT2D eigenvalue weighted by molar-refractivity contribution is 0.243. The summed E-state index contributed by atoms with van der Waals surface area (Å²) in [6, 6.07) is 8.52. The summed E-state index contributed by atoms with van der Waals surface area (Å²) >= 11 is 0. The summed E-state index contributed by atoms with van der Waals surface area (Å²) in [5.74, 6) is 1.57. The average molecular weight is 275 g/mol. The van der Waals surface area contributed by atoms with Crippen LogP contribution in [-0.2, 0) is 13.0 Å². The van der Waals surface area contributed by atoms with Crippen molar-refractivity contribution in [1.29, 1.82) is 0 Å². The number of aryl methyl sites for hydroxylation is 1. The van der Waals surface area contributed by atoms with E-state index in [1.54, 1.807) is 0 Å². The largest absolute Gasteiger partial charge is 0.461 e. The van der Waals surface area contributed by atoms with Crippen molar-refractivity contribution in [1.82, 2.24) is 5.32 Å². The standard InChI is InChI=1S/C17H25NO2/c1-4-16-14(11-18-15(9-10-19)12(2)3)13-7-5-6-8-17(13)20-16/h5-8,12,15,18-19H,4,9-11H2,1-3H3. The van der Waals surface area contributed by atoms with Crippen LogP contribution >= 0.6 is 0 Å². The van der Waals surface area contributed by atoms with Gasteiger partial charge in [-0.25, -0.2) is 0 Å². The lowest BCUT2D eigenvalue weighted by Crippen LogP contribution is -2.34. The molecule has 0 spiro atoms. The molecule has 0 aliphatic carbocycles. The second-order valence-electron chi connectivity index (χ2n) is 5.60. The van der Waals surface area contributed by atoms with Gasteiger partial charge in [0.1, 0.15) is 11.3 Å². The number of furan rings is 1. The summed E-state index contributed by atoms with van der Waals surface area (Å²) in [6.07, 6.45) is 1.69. The number of nitrogens with one attached hydrogen (secondary N) is 1. The van der Waals surface area contributed by atoms with Crippen LogP contribution in [0.2, 0.25) is 0 Å². The van der Waals surface area contributed by atoms with Crippen LogP contribution in [0.25, 0.3) is 11.0 Å². The first-order chi connectivity index (χ1) is 9.67. The van der Waals surface area contributed by atoms with Gasteiger partial charge in [0.05, 0.1) is 0 Å². The lowest BCUT2D eigenvalue weighted by atomic mass is 10.0. The van der Waals surface area contributed by atoms with Crippen molar-refractivity contribution in [2.75, 3.05) is 6.61 Å². The molecule has 0 aliphatic heterocycles. The number of hydrogen-bond acceptors (Lipinski definition) is 3. The van der Waals surface area contributed by atoms with Crippen molar-refractivity contribution >= 4 is 11.0 Å². The van der Waals surface area contributed by atoms with Gasteiger partial charge < -0.3 is 14.8 Å². The highest BCUT2D eigenvalue weighted by Gasteiger charge is 2.16. The molecule has 2 aromatic rings. The molecule has 2 rings (SSSR count). The highest BCUT2D eigenvalue weighted by Crippen LogP contribution is 2.26. The Morgan fingerprint density at radius 3 is 2.65 bits per heavy atom. The van der Waals surface area contributed by atoms with Crippen molar-refractivity contribution in [3.8, 4) is 0 Å². The van der Waals surface area contributed by atoms with Crippen molar-refractivity contribution in [3.05, 3.63) is 35.6 Å². The molecule has 2 N–H and O–H groups in total. The summed E-state index contributed by atoms with van der Waals surface area (Å²) in [4.78, 5) is 0.